The summed E-state index contributed by atoms with van der Waals surface area (Å²) in [4.78, 5) is 28.5. The number of hydrogen-bond acceptors (Lipinski definition) is 8. The minimum Gasteiger partial charge on any atom is -0.490 e. The molecule has 2 aromatic rings. The number of nitrogens with zero attached hydrogens (tertiary/aromatic N) is 2. The van der Waals surface area contributed by atoms with Crippen molar-refractivity contribution in [3.8, 4) is 11.5 Å². The Balaban J connectivity index is 1.72. The highest BCUT2D eigenvalue weighted by Crippen LogP contribution is 2.30. The summed E-state index contributed by atoms with van der Waals surface area (Å²) in [6.07, 6.45) is -2.84. The van der Waals surface area contributed by atoms with E-state index in [-0.39, 0.29) is 11.4 Å². The third kappa shape index (κ3) is 5.58. The maximum atomic E-state index is 13.4. The van der Waals surface area contributed by atoms with E-state index in [0.717, 1.165) is 10.8 Å². The molecule has 1 amide bonds. The number of anilines is 1. The molecule has 32 heavy (non-hydrogen) atoms. The average molecular weight is 455 g/mol. The summed E-state index contributed by atoms with van der Waals surface area (Å²) in [5.41, 5.74) is -0.716. The van der Waals surface area contributed by atoms with Crippen molar-refractivity contribution in [2.24, 2.45) is 0 Å². The molecule has 0 radical (unpaired) electrons. The lowest BCUT2D eigenvalue weighted by Gasteiger charge is -2.25. The van der Waals surface area contributed by atoms with Crippen LogP contribution in [0, 0.1) is 0 Å². The van der Waals surface area contributed by atoms with Crippen LogP contribution in [0.15, 0.2) is 35.3 Å². The Hall–Kier alpha value is -3.09. The molecule has 0 saturated carbocycles. The number of nitrogens with one attached hydrogen (secondary N) is 1. The summed E-state index contributed by atoms with van der Waals surface area (Å²) in [7, 11) is 0. The molecule has 0 fully saturated rings. The third-order valence-electron chi connectivity index (χ3n) is 4.62. The van der Waals surface area contributed by atoms with E-state index in [1.165, 1.54) is 18.2 Å². The number of rotatable bonds is 9. The van der Waals surface area contributed by atoms with Crippen LogP contribution in [0.5, 0.6) is 11.5 Å². The van der Waals surface area contributed by atoms with Gasteiger partial charge in [-0.25, -0.2) is 13.6 Å². The standard InChI is InChI=1S/C20H23F2N3O7/c21-9-13(27)16(11-26)32-18(10-22)25-5-4-17(24-20(25)29)23-19(28)12-2-3-14-15(8-12)31-7-1-6-30-14/h2-5,8,13,16,18,26-27H,1,6-7,9-11H2,(H,23,24,28,29). The summed E-state index contributed by atoms with van der Waals surface area (Å²) in [6.45, 7) is -2.25. The zero-order valence-corrected chi connectivity index (χ0v) is 16.9. The fourth-order valence-corrected chi connectivity index (χ4v) is 2.93. The lowest BCUT2D eigenvalue weighted by atomic mass is 10.2. The maximum Gasteiger partial charge on any atom is 0.351 e. The van der Waals surface area contributed by atoms with Gasteiger partial charge in [-0.3, -0.25) is 9.36 Å². The molecule has 174 valence electrons. The van der Waals surface area contributed by atoms with Crippen LogP contribution in [0.3, 0.4) is 0 Å². The molecule has 1 aliphatic rings. The number of aromatic nitrogens is 2. The molecule has 3 atom stereocenters. The van der Waals surface area contributed by atoms with E-state index in [4.69, 9.17) is 14.2 Å². The van der Waals surface area contributed by atoms with Crippen LogP contribution < -0.4 is 20.5 Å². The molecule has 3 unspecified atom stereocenters. The minimum absolute atomic E-state index is 0.0940. The first-order chi connectivity index (χ1) is 15.5. The summed E-state index contributed by atoms with van der Waals surface area (Å²) < 4.78 is 43.0. The van der Waals surface area contributed by atoms with E-state index in [2.05, 4.69) is 10.3 Å². The van der Waals surface area contributed by atoms with Crippen molar-refractivity contribution < 1.29 is 38.0 Å². The highest BCUT2D eigenvalue weighted by molar-refractivity contribution is 6.04. The summed E-state index contributed by atoms with van der Waals surface area (Å²) in [5.74, 6) is 0.296. The maximum absolute atomic E-state index is 13.4. The van der Waals surface area contributed by atoms with Crippen molar-refractivity contribution in [2.75, 3.05) is 38.5 Å². The number of alkyl halides is 2. The third-order valence-corrected chi connectivity index (χ3v) is 4.62. The summed E-state index contributed by atoms with van der Waals surface area (Å²) in [5, 5.41) is 21.1. The molecule has 0 bridgehead atoms. The van der Waals surface area contributed by atoms with Crippen molar-refractivity contribution >= 4 is 11.7 Å². The molecule has 1 aromatic carbocycles. The van der Waals surface area contributed by atoms with Gasteiger partial charge in [-0.05, 0) is 24.3 Å². The van der Waals surface area contributed by atoms with Gasteiger partial charge in [0.05, 0.1) is 19.8 Å². The van der Waals surface area contributed by atoms with Gasteiger partial charge in [0.2, 0.25) is 0 Å². The predicted molar refractivity (Wildman–Crippen MR) is 107 cm³/mol. The van der Waals surface area contributed by atoms with Crippen LogP contribution in [0.4, 0.5) is 14.6 Å². The summed E-state index contributed by atoms with van der Waals surface area (Å²) in [6, 6.07) is 5.89. The number of amides is 1. The van der Waals surface area contributed by atoms with Crippen molar-refractivity contribution in [1.82, 2.24) is 9.55 Å². The Labute approximate surface area is 181 Å². The number of fused-ring (bicyclic) bond motifs is 1. The fourth-order valence-electron chi connectivity index (χ4n) is 2.93. The Kier molecular flexibility index (Phi) is 8.09. The fraction of sp³-hybridized carbons (Fsp3) is 0.450. The molecule has 0 spiro atoms. The molecular formula is C20H23F2N3O7. The van der Waals surface area contributed by atoms with Gasteiger partial charge in [0, 0.05) is 18.2 Å². The Bertz CT molecular complexity index is 988. The number of halogens is 2. The minimum atomic E-state index is -1.69. The molecular weight excluding hydrogens is 432 g/mol. The van der Waals surface area contributed by atoms with Gasteiger partial charge < -0.3 is 29.7 Å². The first kappa shape index (κ1) is 23.6. The topological polar surface area (TPSA) is 132 Å². The number of benzene rings is 1. The molecule has 2 heterocycles. The van der Waals surface area contributed by atoms with Gasteiger partial charge in [0.1, 0.15) is 31.4 Å². The number of carbonyl (C=O) groups is 1. The van der Waals surface area contributed by atoms with E-state index in [1.54, 1.807) is 6.07 Å². The molecule has 3 N–H and O–H groups in total. The second-order valence-corrected chi connectivity index (χ2v) is 6.86. The SMILES string of the molecule is O=C(Nc1ccn(C(CF)OC(CO)C(O)CF)c(=O)n1)c1ccc2c(c1)OCCCO2. The highest BCUT2D eigenvalue weighted by atomic mass is 19.1. The van der Waals surface area contributed by atoms with E-state index in [9.17, 15) is 28.6 Å². The normalized spacial score (nSPS) is 16.0. The van der Waals surface area contributed by atoms with Crippen molar-refractivity contribution in [3.63, 3.8) is 0 Å². The number of carbonyl (C=O) groups excluding carboxylic acids is 1. The van der Waals surface area contributed by atoms with Gasteiger partial charge in [-0.2, -0.15) is 4.98 Å². The Morgan fingerprint density at radius 3 is 2.62 bits per heavy atom. The number of aliphatic hydroxyl groups is 2. The molecule has 1 aliphatic heterocycles. The predicted octanol–water partition coefficient (Wildman–Crippen LogP) is 0.833. The second-order valence-electron chi connectivity index (χ2n) is 6.86. The molecule has 3 rings (SSSR count). The summed E-state index contributed by atoms with van der Waals surface area (Å²) >= 11 is 0. The van der Waals surface area contributed by atoms with Gasteiger partial charge in [0.25, 0.3) is 5.91 Å². The molecule has 0 saturated heterocycles. The van der Waals surface area contributed by atoms with Crippen molar-refractivity contribution in [2.45, 2.75) is 24.9 Å². The van der Waals surface area contributed by atoms with Gasteiger partial charge >= 0.3 is 5.69 Å². The smallest absolute Gasteiger partial charge is 0.351 e. The van der Waals surface area contributed by atoms with E-state index in [1.807, 2.05) is 0 Å². The average Bonchev–Trinajstić information content (AvgIpc) is 3.05. The van der Waals surface area contributed by atoms with Crippen LogP contribution in [0.2, 0.25) is 0 Å². The van der Waals surface area contributed by atoms with E-state index >= 15 is 0 Å². The molecule has 12 heteroatoms. The monoisotopic (exact) mass is 455 g/mol. The van der Waals surface area contributed by atoms with Gasteiger partial charge in [-0.1, -0.05) is 0 Å². The Morgan fingerprint density at radius 1 is 1.22 bits per heavy atom. The van der Waals surface area contributed by atoms with Gasteiger partial charge in [0.15, 0.2) is 17.7 Å². The van der Waals surface area contributed by atoms with Gasteiger partial charge in [-0.15, -0.1) is 0 Å². The number of ether oxygens (including phenoxy) is 3. The number of hydrogen-bond donors (Lipinski definition) is 3. The Morgan fingerprint density at radius 2 is 1.97 bits per heavy atom. The zero-order chi connectivity index (χ0) is 23.1. The second kappa shape index (κ2) is 11.0. The van der Waals surface area contributed by atoms with Crippen molar-refractivity contribution in [3.05, 3.63) is 46.5 Å². The molecule has 1 aromatic heterocycles. The first-order valence-corrected chi connectivity index (χ1v) is 9.83. The van der Waals surface area contributed by atoms with Crippen LogP contribution in [0.1, 0.15) is 23.0 Å². The quantitative estimate of drug-likeness (QED) is 0.507. The number of aliphatic hydroxyl groups excluding tert-OH is 2. The van der Waals surface area contributed by atoms with Crippen molar-refractivity contribution in [1.29, 1.82) is 0 Å². The van der Waals surface area contributed by atoms with Crippen LogP contribution >= 0.6 is 0 Å². The molecule has 0 aliphatic carbocycles. The lowest BCUT2D eigenvalue weighted by Crippen LogP contribution is -2.39. The van der Waals surface area contributed by atoms with E-state index < -0.39 is 50.0 Å². The van der Waals surface area contributed by atoms with Crippen LogP contribution in [-0.2, 0) is 4.74 Å². The molecule has 10 nitrogen and oxygen atoms in total. The highest BCUT2D eigenvalue weighted by Gasteiger charge is 2.25. The van der Waals surface area contributed by atoms with E-state index in [0.29, 0.717) is 31.1 Å². The first-order valence-electron chi connectivity index (χ1n) is 9.83. The lowest BCUT2D eigenvalue weighted by molar-refractivity contribution is -0.133. The van der Waals surface area contributed by atoms with Crippen LogP contribution in [-0.4, -0.2) is 71.0 Å². The largest absolute Gasteiger partial charge is 0.490 e. The zero-order valence-electron chi connectivity index (χ0n) is 16.9. The van der Waals surface area contributed by atoms with Crippen LogP contribution in [0.25, 0.3) is 0 Å².